The number of carbonyl (C=O) groups excluding carboxylic acids is 1. The van der Waals surface area contributed by atoms with Crippen LogP contribution in [-0.4, -0.2) is 33.7 Å². The van der Waals surface area contributed by atoms with Crippen LogP contribution in [0.4, 0.5) is 0 Å². The van der Waals surface area contributed by atoms with Crippen LogP contribution in [0.3, 0.4) is 0 Å². The molecule has 3 aromatic rings. The molecule has 2 aromatic heterocycles. The minimum atomic E-state index is -0.0777. The number of hydrogen-bond acceptors (Lipinski definition) is 3. The topological polar surface area (TPSA) is 51.3 Å². The Hall–Kier alpha value is -2.79. The Kier molecular flexibility index (Phi) is 4.39. The standard InChI is InChI=1S/C20H18ClN3O2/c1-14-7-9-23(10-8-14)20(25)17-13-18(19-6-3-11-26-19)24(22-17)16-5-2-4-15(21)12-16/h2-6,11-13H,1,7-10H2. The molecule has 1 fully saturated rings. The van der Waals surface area contributed by atoms with Gasteiger partial charge in [0.1, 0.15) is 5.69 Å². The molecule has 1 amide bonds. The highest BCUT2D eigenvalue weighted by Crippen LogP contribution is 2.27. The van der Waals surface area contributed by atoms with E-state index in [2.05, 4.69) is 11.7 Å². The average Bonchev–Trinajstić information content (AvgIpc) is 3.31. The molecule has 4 rings (SSSR count). The lowest BCUT2D eigenvalue weighted by Gasteiger charge is -2.27. The van der Waals surface area contributed by atoms with Crippen LogP contribution in [0.1, 0.15) is 23.3 Å². The van der Waals surface area contributed by atoms with Crippen molar-refractivity contribution < 1.29 is 9.21 Å². The Morgan fingerprint density at radius 1 is 1.15 bits per heavy atom. The number of halogens is 1. The first-order chi connectivity index (χ1) is 12.6. The quantitative estimate of drug-likeness (QED) is 0.637. The molecule has 0 bridgehead atoms. The monoisotopic (exact) mass is 367 g/mol. The van der Waals surface area contributed by atoms with Gasteiger partial charge in [-0.2, -0.15) is 5.10 Å². The highest BCUT2D eigenvalue weighted by Gasteiger charge is 2.24. The fraction of sp³-hybridized carbons (Fsp3) is 0.200. The zero-order valence-electron chi connectivity index (χ0n) is 14.2. The van der Waals surface area contributed by atoms with Crippen molar-refractivity contribution in [3.63, 3.8) is 0 Å². The molecule has 5 nitrogen and oxygen atoms in total. The van der Waals surface area contributed by atoms with Crippen LogP contribution in [0, 0.1) is 0 Å². The smallest absolute Gasteiger partial charge is 0.274 e. The lowest BCUT2D eigenvalue weighted by Crippen LogP contribution is -2.36. The van der Waals surface area contributed by atoms with Crippen molar-refractivity contribution in [2.75, 3.05) is 13.1 Å². The first-order valence-corrected chi connectivity index (χ1v) is 8.85. The molecule has 0 spiro atoms. The van der Waals surface area contributed by atoms with E-state index in [9.17, 15) is 4.79 Å². The highest BCUT2D eigenvalue weighted by atomic mass is 35.5. The zero-order valence-corrected chi connectivity index (χ0v) is 14.9. The summed E-state index contributed by atoms with van der Waals surface area (Å²) in [6.07, 6.45) is 3.28. The van der Waals surface area contributed by atoms with Crippen molar-refractivity contribution in [2.24, 2.45) is 0 Å². The fourth-order valence-electron chi connectivity index (χ4n) is 3.08. The third-order valence-electron chi connectivity index (χ3n) is 4.51. The van der Waals surface area contributed by atoms with E-state index in [1.165, 1.54) is 5.57 Å². The fourth-order valence-corrected chi connectivity index (χ4v) is 3.26. The summed E-state index contributed by atoms with van der Waals surface area (Å²) in [5.41, 5.74) is 3.07. The summed E-state index contributed by atoms with van der Waals surface area (Å²) in [5, 5.41) is 5.16. The second-order valence-corrected chi connectivity index (χ2v) is 6.76. The predicted octanol–water partition coefficient (Wildman–Crippen LogP) is 4.58. The Morgan fingerprint density at radius 3 is 2.65 bits per heavy atom. The lowest BCUT2D eigenvalue weighted by atomic mass is 10.1. The molecule has 3 heterocycles. The number of furan rings is 1. The SMILES string of the molecule is C=C1CCN(C(=O)c2cc(-c3ccco3)n(-c3cccc(Cl)c3)n2)CC1. The molecule has 1 saturated heterocycles. The summed E-state index contributed by atoms with van der Waals surface area (Å²) < 4.78 is 7.23. The Morgan fingerprint density at radius 2 is 1.96 bits per heavy atom. The molecule has 0 unspecified atom stereocenters. The maximum absolute atomic E-state index is 12.9. The molecular weight excluding hydrogens is 350 g/mol. The van der Waals surface area contributed by atoms with Gasteiger partial charge in [-0.25, -0.2) is 4.68 Å². The number of amides is 1. The number of carbonyl (C=O) groups is 1. The number of likely N-dealkylation sites (tertiary alicyclic amines) is 1. The van der Waals surface area contributed by atoms with Crippen molar-refractivity contribution in [3.8, 4) is 17.1 Å². The predicted molar refractivity (Wildman–Crippen MR) is 101 cm³/mol. The van der Waals surface area contributed by atoms with Crippen molar-refractivity contribution in [2.45, 2.75) is 12.8 Å². The van der Waals surface area contributed by atoms with Crippen LogP contribution in [0.15, 0.2) is 65.3 Å². The van der Waals surface area contributed by atoms with E-state index in [1.807, 2.05) is 29.2 Å². The van der Waals surface area contributed by atoms with Gasteiger partial charge in [-0.1, -0.05) is 29.8 Å². The number of piperidine rings is 1. The summed E-state index contributed by atoms with van der Waals surface area (Å²) >= 11 is 6.13. The molecule has 0 N–H and O–H groups in total. The second kappa shape index (κ2) is 6.84. The van der Waals surface area contributed by atoms with Gasteiger partial charge in [0.25, 0.3) is 5.91 Å². The van der Waals surface area contributed by atoms with Crippen LogP contribution < -0.4 is 0 Å². The summed E-state index contributed by atoms with van der Waals surface area (Å²) in [5.74, 6) is 0.564. The second-order valence-electron chi connectivity index (χ2n) is 6.33. The highest BCUT2D eigenvalue weighted by molar-refractivity contribution is 6.30. The van der Waals surface area contributed by atoms with E-state index >= 15 is 0 Å². The Bertz CT molecular complexity index is 949. The van der Waals surface area contributed by atoms with Crippen molar-refractivity contribution in [3.05, 3.63) is 71.6 Å². The Labute approximate surface area is 156 Å². The van der Waals surface area contributed by atoms with Gasteiger partial charge in [-0.3, -0.25) is 4.79 Å². The van der Waals surface area contributed by atoms with E-state index < -0.39 is 0 Å². The van der Waals surface area contributed by atoms with Gasteiger partial charge in [0, 0.05) is 24.2 Å². The number of nitrogens with zero attached hydrogens (tertiary/aromatic N) is 3. The van der Waals surface area contributed by atoms with Crippen molar-refractivity contribution in [1.82, 2.24) is 14.7 Å². The molecule has 6 heteroatoms. The van der Waals surface area contributed by atoms with Crippen LogP contribution in [0.5, 0.6) is 0 Å². The molecule has 0 atom stereocenters. The molecule has 1 aliphatic rings. The van der Waals surface area contributed by atoms with Crippen LogP contribution in [-0.2, 0) is 0 Å². The lowest BCUT2D eigenvalue weighted by molar-refractivity contribution is 0.0737. The van der Waals surface area contributed by atoms with Crippen LogP contribution in [0.25, 0.3) is 17.1 Å². The molecule has 0 radical (unpaired) electrons. The number of hydrogen-bond donors (Lipinski definition) is 0. The summed E-state index contributed by atoms with van der Waals surface area (Å²) in [6, 6.07) is 12.8. The molecule has 1 aliphatic heterocycles. The summed E-state index contributed by atoms with van der Waals surface area (Å²) in [6.45, 7) is 5.35. The van der Waals surface area contributed by atoms with Crippen LogP contribution in [0.2, 0.25) is 5.02 Å². The van der Waals surface area contributed by atoms with Crippen molar-refractivity contribution in [1.29, 1.82) is 0 Å². The third-order valence-corrected chi connectivity index (χ3v) is 4.75. The minimum absolute atomic E-state index is 0.0777. The van der Waals surface area contributed by atoms with E-state index in [4.69, 9.17) is 16.0 Å². The van der Waals surface area contributed by atoms with Gasteiger partial charge in [-0.05, 0) is 43.2 Å². The van der Waals surface area contributed by atoms with Crippen molar-refractivity contribution >= 4 is 17.5 Å². The number of aromatic nitrogens is 2. The first kappa shape index (κ1) is 16.7. The van der Waals surface area contributed by atoms with Gasteiger partial charge in [0.15, 0.2) is 11.5 Å². The molecule has 1 aromatic carbocycles. The van der Waals surface area contributed by atoms with E-state index in [0.29, 0.717) is 35.3 Å². The molecular formula is C20H18ClN3O2. The van der Waals surface area contributed by atoms with Gasteiger partial charge in [0.2, 0.25) is 0 Å². The van der Waals surface area contributed by atoms with Gasteiger partial charge >= 0.3 is 0 Å². The maximum Gasteiger partial charge on any atom is 0.274 e. The molecule has 0 aliphatic carbocycles. The minimum Gasteiger partial charge on any atom is -0.463 e. The normalized spacial score (nSPS) is 14.7. The van der Waals surface area contributed by atoms with E-state index in [-0.39, 0.29) is 5.91 Å². The zero-order chi connectivity index (χ0) is 18.1. The maximum atomic E-state index is 12.9. The van der Waals surface area contributed by atoms with Gasteiger partial charge in [-0.15, -0.1) is 0 Å². The first-order valence-electron chi connectivity index (χ1n) is 8.47. The average molecular weight is 368 g/mol. The summed E-state index contributed by atoms with van der Waals surface area (Å²) in [4.78, 5) is 14.7. The third kappa shape index (κ3) is 3.18. The molecule has 132 valence electrons. The van der Waals surface area contributed by atoms with E-state index in [1.54, 1.807) is 29.1 Å². The Balaban J connectivity index is 1.74. The van der Waals surface area contributed by atoms with Gasteiger partial charge < -0.3 is 9.32 Å². The summed E-state index contributed by atoms with van der Waals surface area (Å²) in [7, 11) is 0. The number of benzene rings is 1. The van der Waals surface area contributed by atoms with Gasteiger partial charge in [0.05, 0.1) is 12.0 Å². The molecule has 26 heavy (non-hydrogen) atoms. The van der Waals surface area contributed by atoms with E-state index in [0.717, 1.165) is 18.5 Å². The van der Waals surface area contributed by atoms with Crippen LogP contribution >= 0.6 is 11.6 Å². The number of rotatable bonds is 3. The largest absolute Gasteiger partial charge is 0.463 e. The molecule has 0 saturated carbocycles.